The maximum atomic E-state index is 11.8. The standard InChI is InChI=1S/C19H23N9O2.C14H13N7OS.C6H14N2O.2CH4/c1-11(2)8-15(17(21)30)26-19-22-10-14(16(20)29)18(27-19)25-12-4-3-5-13(9-12)28-23-6-7-24-28;1-23-14-16-8-11(12(15)22)13(20-14)19-9-3-2-4-10(7-9)21-17-5-6-18-21;1-4(2)3-5(7)6(8)9;;/h3-7,9-11,15H,8H2,1-2H3,(H2,20,29)(H2,21,30)(H2,22,25,26,27);2-8H,1H3,(H2,15,22)(H,16,19,20);4-5H,3,7H2,1-2H3,(H2,8,9);2*1H4/t15-;;5-;;/m1.1../s1. The molecule has 64 heavy (non-hydrogen) atoms. The molecule has 6 rings (SSSR count). The van der Waals surface area contributed by atoms with Crippen molar-refractivity contribution < 1.29 is 19.2 Å². The number of carbonyl (C=O) groups excluding carboxylic acids is 4. The predicted octanol–water partition coefficient (Wildman–Crippen LogP) is 3.95. The van der Waals surface area contributed by atoms with Gasteiger partial charge in [0.2, 0.25) is 17.8 Å². The Kier molecular flexibility index (Phi) is 20.9. The third kappa shape index (κ3) is 16.1. The fraction of sp³-hybridized carbons (Fsp3) is 0.317. The molecule has 0 saturated heterocycles. The van der Waals surface area contributed by atoms with E-state index in [9.17, 15) is 19.2 Å². The number of hydrogen-bond acceptors (Lipinski definition) is 17. The van der Waals surface area contributed by atoms with Crippen molar-refractivity contribution in [1.29, 1.82) is 0 Å². The fourth-order valence-corrected chi connectivity index (χ4v) is 5.69. The summed E-state index contributed by atoms with van der Waals surface area (Å²) in [7, 11) is 0. The first-order chi connectivity index (χ1) is 29.5. The number of hydrogen-bond donors (Lipinski definition) is 8. The number of benzene rings is 2. The smallest absolute Gasteiger partial charge is 0.254 e. The number of nitrogens with two attached hydrogens (primary N) is 5. The van der Waals surface area contributed by atoms with Gasteiger partial charge in [-0.1, -0.05) is 66.4 Å². The normalized spacial score (nSPS) is 11.2. The number of rotatable bonds is 17. The van der Waals surface area contributed by atoms with Gasteiger partial charge in [0.05, 0.1) is 42.2 Å². The summed E-state index contributed by atoms with van der Waals surface area (Å²) in [6.45, 7) is 7.96. The van der Waals surface area contributed by atoms with Crippen LogP contribution in [0.2, 0.25) is 0 Å². The maximum absolute atomic E-state index is 11.8. The molecular weight excluding hydrogens is 841 g/mol. The zero-order valence-electron chi connectivity index (χ0n) is 34.7. The molecule has 4 aromatic heterocycles. The molecule has 0 aliphatic carbocycles. The summed E-state index contributed by atoms with van der Waals surface area (Å²) >= 11 is 1.38. The van der Waals surface area contributed by atoms with E-state index >= 15 is 0 Å². The Bertz CT molecular complexity index is 2410. The topological polar surface area (TPSA) is 347 Å². The van der Waals surface area contributed by atoms with Gasteiger partial charge in [-0.25, -0.2) is 15.0 Å². The quantitative estimate of drug-likeness (QED) is 0.0474. The number of thioether (sulfide) groups is 1. The van der Waals surface area contributed by atoms with Gasteiger partial charge in [0, 0.05) is 23.8 Å². The van der Waals surface area contributed by atoms with Crippen LogP contribution in [0.5, 0.6) is 0 Å². The molecule has 342 valence electrons. The summed E-state index contributed by atoms with van der Waals surface area (Å²) in [6.07, 6.45) is 12.1. The van der Waals surface area contributed by atoms with Gasteiger partial charge < -0.3 is 44.6 Å². The molecule has 13 N–H and O–H groups in total. The molecule has 0 unspecified atom stereocenters. The van der Waals surface area contributed by atoms with E-state index in [1.165, 1.54) is 33.7 Å². The van der Waals surface area contributed by atoms with Gasteiger partial charge >= 0.3 is 0 Å². The average Bonchev–Trinajstić information content (AvgIpc) is 3.97. The summed E-state index contributed by atoms with van der Waals surface area (Å²) in [5.74, 6) is -0.835. The van der Waals surface area contributed by atoms with Crippen LogP contribution in [0.3, 0.4) is 0 Å². The molecule has 0 aliphatic rings. The Hall–Kier alpha value is -7.53. The van der Waals surface area contributed by atoms with Crippen LogP contribution >= 0.6 is 11.8 Å². The van der Waals surface area contributed by atoms with Gasteiger partial charge in [-0.05, 0) is 67.3 Å². The molecule has 2 aromatic carbocycles. The highest BCUT2D eigenvalue weighted by Gasteiger charge is 2.20. The number of nitrogens with one attached hydrogen (secondary N) is 3. The summed E-state index contributed by atoms with van der Waals surface area (Å²) in [5.41, 5.74) is 29.8. The zero-order chi connectivity index (χ0) is 45.3. The Labute approximate surface area is 376 Å². The number of carbonyl (C=O) groups is 4. The third-order valence-electron chi connectivity index (χ3n) is 8.23. The summed E-state index contributed by atoms with van der Waals surface area (Å²) in [5, 5.41) is 26.0. The Morgan fingerprint density at radius 3 is 1.50 bits per heavy atom. The van der Waals surface area contributed by atoms with Crippen molar-refractivity contribution in [3.8, 4) is 11.4 Å². The van der Waals surface area contributed by atoms with Crippen LogP contribution in [0.15, 0.2) is 90.9 Å². The lowest BCUT2D eigenvalue weighted by molar-refractivity contribution is -0.120. The SMILES string of the molecule is C.C.CC(C)C[C@@H](N)C(N)=O.CC(C)C[C@@H](Nc1ncc(C(N)=O)c(Nc2cccc(-n3nccn3)c2)n1)C(N)=O.CSc1ncc(C(N)=O)c(Nc2cccc(-n3nccn3)c2)n1. The van der Waals surface area contributed by atoms with Crippen LogP contribution in [-0.2, 0) is 9.59 Å². The monoisotopic (exact) mass is 898 g/mol. The fourth-order valence-electron chi connectivity index (χ4n) is 5.35. The molecule has 0 aliphatic heterocycles. The lowest BCUT2D eigenvalue weighted by Gasteiger charge is -2.18. The number of nitrogens with zero attached hydrogens (tertiary/aromatic N) is 10. The molecule has 0 bridgehead atoms. The Morgan fingerprint density at radius 1 is 0.656 bits per heavy atom. The van der Waals surface area contributed by atoms with E-state index in [0.29, 0.717) is 41.1 Å². The number of amides is 4. The highest BCUT2D eigenvalue weighted by Crippen LogP contribution is 2.24. The van der Waals surface area contributed by atoms with Crippen LogP contribution in [0.1, 0.15) is 76.1 Å². The lowest BCUT2D eigenvalue weighted by atomic mass is 10.0. The highest BCUT2D eigenvalue weighted by molar-refractivity contribution is 7.98. The van der Waals surface area contributed by atoms with Gasteiger partial charge in [0.1, 0.15) is 28.8 Å². The van der Waals surface area contributed by atoms with Crippen molar-refractivity contribution in [1.82, 2.24) is 49.9 Å². The molecule has 22 nitrogen and oxygen atoms in total. The minimum absolute atomic E-state index is 0. The Balaban J connectivity index is 0.000000368. The van der Waals surface area contributed by atoms with E-state index in [2.05, 4.69) is 56.3 Å². The first kappa shape index (κ1) is 52.6. The van der Waals surface area contributed by atoms with Crippen molar-refractivity contribution in [2.75, 3.05) is 22.2 Å². The summed E-state index contributed by atoms with van der Waals surface area (Å²) in [4.78, 5) is 65.2. The third-order valence-corrected chi connectivity index (χ3v) is 8.79. The second-order valence-corrected chi connectivity index (χ2v) is 14.9. The maximum Gasteiger partial charge on any atom is 0.254 e. The van der Waals surface area contributed by atoms with Crippen molar-refractivity contribution >= 4 is 64.3 Å². The lowest BCUT2D eigenvalue weighted by Crippen LogP contribution is -2.37. The van der Waals surface area contributed by atoms with E-state index in [0.717, 1.165) is 11.4 Å². The molecule has 0 spiro atoms. The predicted molar refractivity (Wildman–Crippen MR) is 248 cm³/mol. The molecule has 23 heteroatoms. The van der Waals surface area contributed by atoms with E-state index in [1.54, 1.807) is 43.0 Å². The van der Waals surface area contributed by atoms with E-state index in [-0.39, 0.29) is 43.7 Å². The largest absolute Gasteiger partial charge is 0.368 e. The van der Waals surface area contributed by atoms with Gasteiger partial charge in [0.15, 0.2) is 5.16 Å². The minimum atomic E-state index is -0.692. The first-order valence-electron chi connectivity index (χ1n) is 19.0. The minimum Gasteiger partial charge on any atom is -0.368 e. The van der Waals surface area contributed by atoms with Crippen LogP contribution in [-0.4, -0.2) is 91.9 Å². The molecule has 2 atom stereocenters. The highest BCUT2D eigenvalue weighted by atomic mass is 32.2. The van der Waals surface area contributed by atoms with E-state index < -0.39 is 35.7 Å². The number of aromatic nitrogens is 10. The van der Waals surface area contributed by atoms with Crippen LogP contribution in [0.4, 0.5) is 29.0 Å². The molecule has 0 radical (unpaired) electrons. The molecular formula is C41H58N18O4S. The average molecular weight is 899 g/mol. The molecule has 6 aromatic rings. The van der Waals surface area contributed by atoms with Gasteiger partial charge in [-0.3, -0.25) is 19.2 Å². The Morgan fingerprint density at radius 2 is 1.11 bits per heavy atom. The second-order valence-electron chi connectivity index (χ2n) is 14.2. The molecule has 4 heterocycles. The second kappa shape index (κ2) is 25.4. The number of primary amides is 4. The van der Waals surface area contributed by atoms with Crippen molar-refractivity contribution in [2.45, 2.75) is 72.6 Å². The van der Waals surface area contributed by atoms with Crippen LogP contribution < -0.4 is 44.6 Å². The summed E-state index contributed by atoms with van der Waals surface area (Å²) < 4.78 is 0. The first-order valence-corrected chi connectivity index (χ1v) is 20.2. The van der Waals surface area contributed by atoms with E-state index in [4.69, 9.17) is 28.7 Å². The van der Waals surface area contributed by atoms with Crippen molar-refractivity contribution in [3.63, 3.8) is 0 Å². The van der Waals surface area contributed by atoms with Crippen LogP contribution in [0.25, 0.3) is 11.4 Å². The van der Waals surface area contributed by atoms with Crippen LogP contribution in [0, 0.1) is 11.8 Å². The van der Waals surface area contributed by atoms with Gasteiger partial charge in [-0.2, -0.15) is 35.0 Å². The van der Waals surface area contributed by atoms with Crippen molar-refractivity contribution in [2.24, 2.45) is 40.5 Å². The zero-order valence-corrected chi connectivity index (χ0v) is 35.5. The van der Waals surface area contributed by atoms with Gasteiger partial charge in [0.25, 0.3) is 11.8 Å². The van der Waals surface area contributed by atoms with Gasteiger partial charge in [-0.15, -0.1) is 0 Å². The van der Waals surface area contributed by atoms with E-state index in [1.807, 2.05) is 64.3 Å². The summed E-state index contributed by atoms with van der Waals surface area (Å²) in [6, 6.07) is 13.5. The molecule has 0 saturated carbocycles. The number of anilines is 5. The molecule has 4 amide bonds. The van der Waals surface area contributed by atoms with Crippen molar-refractivity contribution in [3.05, 3.63) is 96.8 Å². The molecule has 0 fully saturated rings.